The molecule has 2 aliphatic rings. The molecule has 1 aliphatic carbocycles. The minimum absolute atomic E-state index is 0. The van der Waals surface area contributed by atoms with Gasteiger partial charge in [0.25, 0.3) is 5.56 Å². The first-order valence-corrected chi connectivity index (χ1v) is 11.8. The molecule has 7 heteroatoms. The number of pyridine rings is 1. The lowest BCUT2D eigenvalue weighted by Crippen LogP contribution is -2.28. The second-order valence-electron chi connectivity index (χ2n) is 9.09. The second kappa shape index (κ2) is 10.1. The summed E-state index contributed by atoms with van der Waals surface area (Å²) in [6.07, 6.45) is 12.9. The second-order valence-corrected chi connectivity index (χ2v) is 9.09. The van der Waals surface area contributed by atoms with E-state index in [0.29, 0.717) is 18.3 Å². The first-order valence-electron chi connectivity index (χ1n) is 11.8. The smallest absolute Gasteiger partial charge is 0.258 e. The van der Waals surface area contributed by atoms with Gasteiger partial charge in [0.1, 0.15) is 11.9 Å². The van der Waals surface area contributed by atoms with Crippen LogP contribution in [0.5, 0.6) is 5.75 Å². The summed E-state index contributed by atoms with van der Waals surface area (Å²) < 4.78 is 9.70. The predicted octanol–water partition coefficient (Wildman–Crippen LogP) is 5.18. The number of rotatable bonds is 6. The first kappa shape index (κ1) is 22.9. The van der Waals surface area contributed by atoms with Crippen molar-refractivity contribution in [3.63, 3.8) is 0 Å². The molecule has 2 fully saturated rings. The highest BCUT2D eigenvalue weighted by molar-refractivity contribution is 5.85. The van der Waals surface area contributed by atoms with Crippen LogP contribution in [0.1, 0.15) is 58.0 Å². The van der Waals surface area contributed by atoms with Gasteiger partial charge in [0, 0.05) is 36.4 Å². The Balaban J connectivity index is 0.00000245. The van der Waals surface area contributed by atoms with E-state index in [9.17, 15) is 4.79 Å². The summed E-state index contributed by atoms with van der Waals surface area (Å²) in [4.78, 5) is 15.2. The average Bonchev–Trinajstić information content (AvgIpc) is 3.48. The molecule has 1 saturated carbocycles. The van der Waals surface area contributed by atoms with E-state index in [1.165, 1.54) is 44.9 Å². The largest absolute Gasteiger partial charge is 0.493 e. The van der Waals surface area contributed by atoms with Crippen molar-refractivity contribution in [3.8, 4) is 11.4 Å². The van der Waals surface area contributed by atoms with Gasteiger partial charge in [0.05, 0.1) is 18.3 Å². The van der Waals surface area contributed by atoms with Crippen LogP contribution in [0.4, 0.5) is 0 Å². The molecule has 1 aliphatic heterocycles. The van der Waals surface area contributed by atoms with E-state index in [2.05, 4.69) is 27.7 Å². The van der Waals surface area contributed by atoms with Crippen LogP contribution in [0.3, 0.4) is 0 Å². The van der Waals surface area contributed by atoms with Crippen molar-refractivity contribution in [2.75, 3.05) is 19.7 Å². The minimum atomic E-state index is -0.0710. The van der Waals surface area contributed by atoms with Crippen LogP contribution in [0.2, 0.25) is 0 Å². The molecule has 1 atom stereocenters. The van der Waals surface area contributed by atoms with E-state index in [0.717, 1.165) is 29.7 Å². The van der Waals surface area contributed by atoms with E-state index in [4.69, 9.17) is 4.74 Å². The molecule has 0 bridgehead atoms. The maximum Gasteiger partial charge on any atom is 0.258 e. The summed E-state index contributed by atoms with van der Waals surface area (Å²) in [5.41, 5.74) is 1.88. The molecule has 0 spiro atoms. The Morgan fingerprint density at radius 1 is 1.06 bits per heavy atom. The molecule has 2 aromatic heterocycles. The van der Waals surface area contributed by atoms with E-state index < -0.39 is 0 Å². The van der Waals surface area contributed by atoms with E-state index in [-0.39, 0.29) is 24.1 Å². The molecular weight excluding hydrogens is 424 g/mol. The van der Waals surface area contributed by atoms with E-state index in [1.54, 1.807) is 10.6 Å². The van der Waals surface area contributed by atoms with Gasteiger partial charge in [-0.3, -0.25) is 14.3 Å². The van der Waals surface area contributed by atoms with Gasteiger partial charge in [-0.25, -0.2) is 4.68 Å². The zero-order chi connectivity index (χ0) is 21.2. The van der Waals surface area contributed by atoms with Crippen molar-refractivity contribution in [2.24, 2.45) is 5.92 Å². The predicted molar refractivity (Wildman–Crippen MR) is 130 cm³/mol. The van der Waals surface area contributed by atoms with Crippen molar-refractivity contribution in [1.82, 2.24) is 19.2 Å². The number of nitrogens with zero attached hydrogens (tertiary/aromatic N) is 4. The fourth-order valence-corrected chi connectivity index (χ4v) is 5.09. The molecule has 0 radical (unpaired) electrons. The third-order valence-corrected chi connectivity index (χ3v) is 6.98. The van der Waals surface area contributed by atoms with Gasteiger partial charge in [-0.1, -0.05) is 19.3 Å². The molecule has 1 unspecified atom stereocenters. The summed E-state index contributed by atoms with van der Waals surface area (Å²) in [6.45, 7) is 5.18. The van der Waals surface area contributed by atoms with Crippen molar-refractivity contribution in [3.05, 3.63) is 53.1 Å². The molecule has 1 aromatic carbocycles. The number of fused-ring (bicyclic) bond motifs is 1. The van der Waals surface area contributed by atoms with Gasteiger partial charge in [-0.2, -0.15) is 5.10 Å². The summed E-state index contributed by atoms with van der Waals surface area (Å²) in [7, 11) is 0. The molecular formula is C25H33ClN4O2. The third-order valence-electron chi connectivity index (χ3n) is 6.98. The molecule has 1 saturated heterocycles. The van der Waals surface area contributed by atoms with Crippen LogP contribution in [0.15, 0.2) is 47.5 Å². The summed E-state index contributed by atoms with van der Waals surface area (Å²) in [5, 5.41) is 5.70. The highest BCUT2D eigenvalue weighted by Crippen LogP contribution is 2.26. The van der Waals surface area contributed by atoms with Crippen LogP contribution >= 0.6 is 12.4 Å². The number of hydrogen-bond donors (Lipinski definition) is 0. The Kier molecular flexibility index (Phi) is 7.21. The Bertz CT molecular complexity index is 1100. The van der Waals surface area contributed by atoms with Crippen molar-refractivity contribution in [2.45, 2.75) is 58.0 Å². The van der Waals surface area contributed by atoms with E-state index >= 15 is 0 Å². The summed E-state index contributed by atoms with van der Waals surface area (Å²) in [6, 6.07) is 9.62. The quantitative estimate of drug-likeness (QED) is 0.512. The molecule has 32 heavy (non-hydrogen) atoms. The van der Waals surface area contributed by atoms with Crippen LogP contribution in [0.25, 0.3) is 16.6 Å². The maximum absolute atomic E-state index is 12.8. The number of benzene rings is 1. The lowest BCUT2D eigenvalue weighted by molar-refractivity contribution is 0.184. The van der Waals surface area contributed by atoms with Crippen molar-refractivity contribution >= 4 is 23.3 Å². The van der Waals surface area contributed by atoms with Gasteiger partial charge >= 0.3 is 0 Å². The molecule has 5 rings (SSSR count). The number of likely N-dealkylation sites (tertiary alicyclic amines) is 1. The summed E-state index contributed by atoms with van der Waals surface area (Å²) >= 11 is 0. The van der Waals surface area contributed by atoms with Gasteiger partial charge < -0.3 is 4.74 Å². The monoisotopic (exact) mass is 456 g/mol. The average molecular weight is 457 g/mol. The fourth-order valence-electron chi connectivity index (χ4n) is 5.09. The van der Waals surface area contributed by atoms with Gasteiger partial charge in [0.15, 0.2) is 0 Å². The Hall–Kier alpha value is -2.31. The normalized spacial score (nSPS) is 18.5. The number of aromatic nitrogens is 3. The number of hydrogen-bond acceptors (Lipinski definition) is 4. The van der Waals surface area contributed by atoms with Gasteiger partial charge in [0.2, 0.25) is 0 Å². The van der Waals surface area contributed by atoms with Crippen LogP contribution in [-0.4, -0.2) is 38.9 Å². The maximum atomic E-state index is 12.8. The highest BCUT2D eigenvalue weighted by Gasteiger charge is 2.21. The molecule has 6 nitrogen and oxygen atoms in total. The van der Waals surface area contributed by atoms with Crippen molar-refractivity contribution in [1.29, 1.82) is 0 Å². The van der Waals surface area contributed by atoms with Crippen LogP contribution < -0.4 is 10.3 Å². The molecule has 3 aromatic rings. The highest BCUT2D eigenvalue weighted by atomic mass is 35.5. The van der Waals surface area contributed by atoms with Crippen LogP contribution in [0, 0.1) is 5.92 Å². The zero-order valence-corrected chi connectivity index (χ0v) is 19.6. The third kappa shape index (κ3) is 4.71. The number of ether oxygens (including phenoxy) is 1. The standard InChI is InChI=1S/C25H32N4O2.ClH/c1-19(27-12-5-6-13-27)29-24-10-9-22(15-21(24)17-26-29)28-14-11-23(16-25(28)30)31-18-20-7-3-2-4-8-20;/h9-11,14-17,19-20H,2-8,12-13,18H2,1H3;1H. The Labute approximate surface area is 195 Å². The minimum Gasteiger partial charge on any atom is -0.493 e. The SMILES string of the molecule is CC(N1CCCC1)n1ncc2cc(-n3ccc(OCC4CCCCC4)cc3=O)ccc21.Cl. The first-order chi connectivity index (χ1) is 15.2. The Morgan fingerprint density at radius 2 is 1.84 bits per heavy atom. The molecule has 0 amide bonds. The fraction of sp³-hybridized carbons (Fsp3) is 0.520. The summed E-state index contributed by atoms with van der Waals surface area (Å²) in [5.74, 6) is 1.29. The van der Waals surface area contributed by atoms with E-state index in [1.807, 2.05) is 30.6 Å². The van der Waals surface area contributed by atoms with Gasteiger partial charge in [-0.15, -0.1) is 12.4 Å². The van der Waals surface area contributed by atoms with Gasteiger partial charge in [-0.05, 0) is 62.8 Å². The van der Waals surface area contributed by atoms with Crippen molar-refractivity contribution < 1.29 is 4.74 Å². The Morgan fingerprint density at radius 3 is 2.59 bits per heavy atom. The molecule has 0 N–H and O–H groups in total. The lowest BCUT2D eigenvalue weighted by Gasteiger charge is -2.24. The lowest BCUT2D eigenvalue weighted by atomic mass is 9.90. The zero-order valence-electron chi connectivity index (χ0n) is 18.8. The molecule has 3 heterocycles. The van der Waals surface area contributed by atoms with Crippen LogP contribution in [-0.2, 0) is 0 Å². The topological polar surface area (TPSA) is 52.3 Å². The number of halogens is 1. The molecule has 172 valence electrons.